The summed E-state index contributed by atoms with van der Waals surface area (Å²) in [5.74, 6) is 1.61. The Morgan fingerprint density at radius 2 is 1.84 bits per heavy atom. The molecule has 4 nitrogen and oxygen atoms in total. The van der Waals surface area contributed by atoms with Crippen LogP contribution in [0.15, 0.2) is 12.1 Å². The van der Waals surface area contributed by atoms with Gasteiger partial charge in [0.1, 0.15) is 11.5 Å². The Hall–Kier alpha value is -1.26. The second-order valence-corrected chi connectivity index (χ2v) is 5.52. The van der Waals surface area contributed by atoms with Crippen LogP contribution >= 0.6 is 0 Å². The van der Waals surface area contributed by atoms with Gasteiger partial charge in [0, 0.05) is 17.2 Å². The molecular formula is C15H26N2O2. The number of benzene rings is 1. The van der Waals surface area contributed by atoms with E-state index in [0.29, 0.717) is 6.54 Å². The fourth-order valence-corrected chi connectivity index (χ4v) is 2.38. The Labute approximate surface area is 116 Å². The van der Waals surface area contributed by atoms with Gasteiger partial charge >= 0.3 is 0 Å². The summed E-state index contributed by atoms with van der Waals surface area (Å²) >= 11 is 0. The Bertz CT molecular complexity index is 430. The zero-order valence-electron chi connectivity index (χ0n) is 12.6. The molecule has 1 atom stereocenters. The van der Waals surface area contributed by atoms with Crippen LogP contribution in [0, 0.1) is 12.3 Å². The number of rotatable bonds is 6. The molecule has 0 amide bonds. The van der Waals surface area contributed by atoms with Crippen LogP contribution in [0.3, 0.4) is 0 Å². The smallest absolute Gasteiger partial charge is 0.130 e. The summed E-state index contributed by atoms with van der Waals surface area (Å²) in [5.41, 5.74) is 14.0. The molecular weight excluding hydrogens is 240 g/mol. The maximum Gasteiger partial charge on any atom is 0.130 e. The normalized spacial score (nSPS) is 13.2. The van der Waals surface area contributed by atoms with E-state index in [1.807, 2.05) is 19.1 Å². The number of hydrogen-bond donors (Lipinski definition) is 2. The second-order valence-electron chi connectivity index (χ2n) is 5.52. The summed E-state index contributed by atoms with van der Waals surface area (Å²) in [7, 11) is 3.31. The van der Waals surface area contributed by atoms with Crippen LogP contribution in [-0.2, 0) is 0 Å². The molecule has 0 aliphatic heterocycles. The lowest BCUT2D eigenvalue weighted by Gasteiger charge is -2.33. The molecule has 0 saturated carbocycles. The van der Waals surface area contributed by atoms with Gasteiger partial charge in [0.05, 0.1) is 14.2 Å². The van der Waals surface area contributed by atoms with Gasteiger partial charge in [-0.05, 0) is 31.4 Å². The first kappa shape index (κ1) is 15.8. The van der Waals surface area contributed by atoms with Crippen molar-refractivity contribution >= 4 is 0 Å². The molecule has 0 fully saturated rings. The van der Waals surface area contributed by atoms with Gasteiger partial charge in [0.2, 0.25) is 0 Å². The Kier molecular flexibility index (Phi) is 5.20. The number of hydrogen-bond acceptors (Lipinski definition) is 4. The van der Waals surface area contributed by atoms with Crippen molar-refractivity contribution in [1.82, 2.24) is 0 Å². The van der Waals surface area contributed by atoms with Gasteiger partial charge in [0.15, 0.2) is 0 Å². The number of methoxy groups -OCH3 is 2. The molecule has 0 spiro atoms. The molecule has 108 valence electrons. The Balaban J connectivity index is 3.23. The van der Waals surface area contributed by atoms with E-state index < -0.39 is 0 Å². The largest absolute Gasteiger partial charge is 0.496 e. The molecule has 4 N–H and O–H groups in total. The van der Waals surface area contributed by atoms with Crippen LogP contribution in [0.2, 0.25) is 0 Å². The second kappa shape index (κ2) is 6.26. The molecule has 1 aromatic carbocycles. The summed E-state index contributed by atoms with van der Waals surface area (Å²) in [5, 5.41) is 0. The van der Waals surface area contributed by atoms with Crippen molar-refractivity contribution in [2.24, 2.45) is 16.9 Å². The number of nitrogens with two attached hydrogens (primary N) is 2. The molecule has 0 bridgehead atoms. The van der Waals surface area contributed by atoms with E-state index in [1.165, 1.54) is 0 Å². The van der Waals surface area contributed by atoms with E-state index in [9.17, 15) is 0 Å². The fraction of sp³-hybridized carbons (Fsp3) is 0.600. The van der Waals surface area contributed by atoms with Gasteiger partial charge < -0.3 is 20.9 Å². The molecule has 19 heavy (non-hydrogen) atoms. The van der Waals surface area contributed by atoms with Crippen molar-refractivity contribution in [2.75, 3.05) is 20.8 Å². The zero-order chi connectivity index (χ0) is 14.6. The molecule has 0 heterocycles. The Morgan fingerprint density at radius 3 is 2.32 bits per heavy atom. The van der Waals surface area contributed by atoms with Crippen molar-refractivity contribution in [1.29, 1.82) is 0 Å². The quantitative estimate of drug-likeness (QED) is 0.829. The van der Waals surface area contributed by atoms with Crippen LogP contribution in [0.5, 0.6) is 11.5 Å². The highest BCUT2D eigenvalue weighted by molar-refractivity contribution is 5.50. The molecule has 1 aromatic rings. The topological polar surface area (TPSA) is 70.5 Å². The highest BCUT2D eigenvalue weighted by Crippen LogP contribution is 2.41. The highest BCUT2D eigenvalue weighted by Gasteiger charge is 2.30. The monoisotopic (exact) mass is 266 g/mol. The fourth-order valence-electron chi connectivity index (χ4n) is 2.38. The van der Waals surface area contributed by atoms with Crippen LogP contribution in [-0.4, -0.2) is 20.8 Å². The minimum atomic E-state index is -0.129. The summed E-state index contributed by atoms with van der Waals surface area (Å²) in [6, 6.07) is 3.79. The van der Waals surface area contributed by atoms with E-state index >= 15 is 0 Å². The SMILES string of the molecule is COc1ccc(C(N)C(C)(C)CCN)c(OC)c1C. The third kappa shape index (κ3) is 3.19. The van der Waals surface area contributed by atoms with Gasteiger partial charge in [-0.15, -0.1) is 0 Å². The molecule has 0 aliphatic rings. The third-order valence-electron chi connectivity index (χ3n) is 3.78. The minimum Gasteiger partial charge on any atom is -0.496 e. The van der Waals surface area contributed by atoms with Crippen molar-refractivity contribution in [2.45, 2.75) is 33.2 Å². The first-order valence-electron chi connectivity index (χ1n) is 6.56. The molecule has 0 aromatic heterocycles. The lowest BCUT2D eigenvalue weighted by molar-refractivity contribution is 0.263. The summed E-state index contributed by atoms with van der Waals surface area (Å²) in [4.78, 5) is 0. The molecule has 0 aliphatic carbocycles. The lowest BCUT2D eigenvalue weighted by atomic mass is 9.77. The first-order valence-corrected chi connectivity index (χ1v) is 6.56. The van der Waals surface area contributed by atoms with Crippen molar-refractivity contribution in [3.8, 4) is 11.5 Å². The van der Waals surface area contributed by atoms with Crippen LogP contribution in [0.25, 0.3) is 0 Å². The van der Waals surface area contributed by atoms with E-state index in [2.05, 4.69) is 13.8 Å². The standard InChI is InChI=1S/C15H26N2O2/c1-10-12(18-4)7-6-11(13(10)19-5)14(17)15(2,3)8-9-16/h6-7,14H,8-9,16-17H2,1-5H3. The van der Waals surface area contributed by atoms with Crippen LogP contribution < -0.4 is 20.9 Å². The lowest BCUT2D eigenvalue weighted by Crippen LogP contribution is -2.31. The van der Waals surface area contributed by atoms with Gasteiger partial charge in [0.25, 0.3) is 0 Å². The minimum absolute atomic E-state index is 0.0803. The van der Waals surface area contributed by atoms with Crippen molar-refractivity contribution in [3.05, 3.63) is 23.3 Å². The maximum absolute atomic E-state index is 6.42. The number of ether oxygens (including phenoxy) is 2. The van der Waals surface area contributed by atoms with E-state index in [0.717, 1.165) is 29.0 Å². The van der Waals surface area contributed by atoms with E-state index in [-0.39, 0.29) is 11.5 Å². The van der Waals surface area contributed by atoms with Crippen LogP contribution in [0.4, 0.5) is 0 Å². The average Bonchev–Trinajstić information content (AvgIpc) is 2.37. The molecule has 4 heteroatoms. The van der Waals surface area contributed by atoms with Gasteiger partial charge in [-0.3, -0.25) is 0 Å². The maximum atomic E-state index is 6.42. The molecule has 1 unspecified atom stereocenters. The zero-order valence-corrected chi connectivity index (χ0v) is 12.6. The molecule has 1 rings (SSSR count). The predicted octanol–water partition coefficient (Wildman–Crippen LogP) is 2.39. The van der Waals surface area contributed by atoms with Crippen molar-refractivity contribution < 1.29 is 9.47 Å². The predicted molar refractivity (Wildman–Crippen MR) is 78.7 cm³/mol. The average molecular weight is 266 g/mol. The van der Waals surface area contributed by atoms with Crippen molar-refractivity contribution in [3.63, 3.8) is 0 Å². The van der Waals surface area contributed by atoms with E-state index in [1.54, 1.807) is 14.2 Å². The Morgan fingerprint density at radius 1 is 1.21 bits per heavy atom. The van der Waals surface area contributed by atoms with Crippen LogP contribution in [0.1, 0.15) is 37.4 Å². The summed E-state index contributed by atoms with van der Waals surface area (Å²) < 4.78 is 10.8. The molecule has 0 saturated heterocycles. The van der Waals surface area contributed by atoms with Gasteiger partial charge in [-0.2, -0.15) is 0 Å². The van der Waals surface area contributed by atoms with Gasteiger partial charge in [-0.25, -0.2) is 0 Å². The highest BCUT2D eigenvalue weighted by atomic mass is 16.5. The van der Waals surface area contributed by atoms with E-state index in [4.69, 9.17) is 20.9 Å². The third-order valence-corrected chi connectivity index (χ3v) is 3.78. The first-order chi connectivity index (χ1) is 8.88. The summed E-state index contributed by atoms with van der Waals surface area (Å²) in [6.45, 7) is 6.86. The summed E-state index contributed by atoms with van der Waals surface area (Å²) in [6.07, 6.45) is 0.863. The van der Waals surface area contributed by atoms with Gasteiger partial charge in [-0.1, -0.05) is 19.9 Å². The molecule has 0 radical (unpaired) electrons.